The highest BCUT2D eigenvalue weighted by atomic mass is 15.1. The van der Waals surface area contributed by atoms with Crippen LogP contribution in [0.3, 0.4) is 0 Å². The molecule has 2 N–H and O–H groups in total. The number of hydrogen-bond donors (Lipinski definition) is 2. The standard InChI is InChI=1S/C12H22N2/c1-12(3-2-4-14-12)8-13-11-6-9-5-10(9)7-11/h9-11,13-14H,2-8H2,1H3. The zero-order chi connectivity index (χ0) is 9.60. The van der Waals surface area contributed by atoms with Crippen LogP contribution in [0.2, 0.25) is 0 Å². The van der Waals surface area contributed by atoms with E-state index in [1.54, 1.807) is 0 Å². The Hall–Kier alpha value is -0.0800. The lowest BCUT2D eigenvalue weighted by atomic mass is 9.99. The minimum atomic E-state index is 0.396. The van der Waals surface area contributed by atoms with Crippen molar-refractivity contribution < 1.29 is 0 Å². The average Bonchev–Trinajstić information content (AvgIpc) is 2.65. The quantitative estimate of drug-likeness (QED) is 0.712. The molecule has 0 aromatic heterocycles. The smallest absolute Gasteiger partial charge is 0.0278 e. The van der Waals surface area contributed by atoms with Gasteiger partial charge in [0.25, 0.3) is 0 Å². The first-order chi connectivity index (χ1) is 6.75. The van der Waals surface area contributed by atoms with Crippen LogP contribution in [0.5, 0.6) is 0 Å². The summed E-state index contributed by atoms with van der Waals surface area (Å²) < 4.78 is 0. The number of fused-ring (bicyclic) bond motifs is 1. The fraction of sp³-hybridized carbons (Fsp3) is 1.00. The molecular weight excluding hydrogens is 172 g/mol. The third kappa shape index (κ3) is 1.70. The van der Waals surface area contributed by atoms with Crippen LogP contribution in [-0.4, -0.2) is 24.7 Å². The van der Waals surface area contributed by atoms with E-state index in [9.17, 15) is 0 Å². The van der Waals surface area contributed by atoms with E-state index in [-0.39, 0.29) is 0 Å². The van der Waals surface area contributed by atoms with Crippen LogP contribution in [-0.2, 0) is 0 Å². The summed E-state index contributed by atoms with van der Waals surface area (Å²) in [4.78, 5) is 0. The second kappa shape index (κ2) is 3.21. The lowest BCUT2D eigenvalue weighted by Crippen LogP contribution is -2.48. The molecule has 0 amide bonds. The van der Waals surface area contributed by atoms with Crippen LogP contribution in [0.15, 0.2) is 0 Å². The lowest BCUT2D eigenvalue weighted by molar-refractivity contribution is 0.350. The first-order valence-electron chi connectivity index (χ1n) is 6.24. The summed E-state index contributed by atoms with van der Waals surface area (Å²) in [5.74, 6) is 2.22. The Morgan fingerprint density at radius 3 is 2.71 bits per heavy atom. The largest absolute Gasteiger partial charge is 0.312 e. The van der Waals surface area contributed by atoms with E-state index in [4.69, 9.17) is 0 Å². The molecule has 3 aliphatic rings. The van der Waals surface area contributed by atoms with Gasteiger partial charge in [0.05, 0.1) is 0 Å². The van der Waals surface area contributed by atoms with E-state index in [1.807, 2.05) is 0 Å². The van der Waals surface area contributed by atoms with Crippen molar-refractivity contribution in [1.29, 1.82) is 0 Å². The van der Waals surface area contributed by atoms with Gasteiger partial charge in [-0.15, -0.1) is 0 Å². The second-order valence-corrected chi connectivity index (χ2v) is 5.90. The van der Waals surface area contributed by atoms with Crippen LogP contribution >= 0.6 is 0 Å². The normalized spacial score (nSPS) is 50.8. The van der Waals surface area contributed by atoms with E-state index >= 15 is 0 Å². The molecule has 0 spiro atoms. The molecule has 14 heavy (non-hydrogen) atoms. The number of rotatable bonds is 3. The van der Waals surface area contributed by atoms with Gasteiger partial charge < -0.3 is 10.6 Å². The minimum Gasteiger partial charge on any atom is -0.312 e. The maximum absolute atomic E-state index is 3.76. The van der Waals surface area contributed by atoms with Crippen molar-refractivity contribution in [3.63, 3.8) is 0 Å². The van der Waals surface area contributed by atoms with Gasteiger partial charge in [-0.2, -0.15) is 0 Å². The van der Waals surface area contributed by atoms with Crippen molar-refractivity contribution in [3.05, 3.63) is 0 Å². The van der Waals surface area contributed by atoms with E-state index in [0.717, 1.165) is 17.9 Å². The molecule has 1 saturated heterocycles. The van der Waals surface area contributed by atoms with Gasteiger partial charge in [-0.3, -0.25) is 0 Å². The molecule has 0 aromatic carbocycles. The van der Waals surface area contributed by atoms with Gasteiger partial charge in [0.15, 0.2) is 0 Å². The van der Waals surface area contributed by atoms with Crippen molar-refractivity contribution in [3.8, 4) is 0 Å². The van der Waals surface area contributed by atoms with Crippen LogP contribution in [0.1, 0.15) is 39.0 Å². The predicted octanol–water partition coefficient (Wildman–Crippen LogP) is 1.52. The molecule has 80 valence electrons. The van der Waals surface area contributed by atoms with Crippen molar-refractivity contribution >= 4 is 0 Å². The van der Waals surface area contributed by atoms with Gasteiger partial charge in [0.1, 0.15) is 0 Å². The van der Waals surface area contributed by atoms with Crippen molar-refractivity contribution in [1.82, 2.24) is 10.6 Å². The first kappa shape index (κ1) is 9.17. The second-order valence-electron chi connectivity index (χ2n) is 5.90. The highest BCUT2D eigenvalue weighted by Crippen LogP contribution is 2.51. The Balaban J connectivity index is 1.45. The van der Waals surface area contributed by atoms with E-state index in [2.05, 4.69) is 17.6 Å². The van der Waals surface area contributed by atoms with Gasteiger partial charge in [0.2, 0.25) is 0 Å². The Morgan fingerprint density at radius 2 is 2.07 bits per heavy atom. The Morgan fingerprint density at radius 1 is 1.29 bits per heavy atom. The monoisotopic (exact) mass is 194 g/mol. The molecule has 2 heteroatoms. The lowest BCUT2D eigenvalue weighted by Gasteiger charge is -2.27. The molecule has 0 aromatic rings. The molecule has 3 rings (SSSR count). The molecule has 3 atom stereocenters. The van der Waals surface area contributed by atoms with Crippen LogP contribution in [0.25, 0.3) is 0 Å². The van der Waals surface area contributed by atoms with E-state index in [0.29, 0.717) is 5.54 Å². The maximum atomic E-state index is 3.76. The molecule has 0 bridgehead atoms. The molecule has 0 radical (unpaired) electrons. The van der Waals surface area contributed by atoms with Gasteiger partial charge in [-0.1, -0.05) is 0 Å². The molecule has 3 unspecified atom stereocenters. The summed E-state index contributed by atoms with van der Waals surface area (Å²) in [5, 5.41) is 7.38. The van der Waals surface area contributed by atoms with Crippen LogP contribution in [0.4, 0.5) is 0 Å². The Labute approximate surface area is 86.8 Å². The molecule has 1 aliphatic heterocycles. The predicted molar refractivity (Wildman–Crippen MR) is 58.3 cm³/mol. The minimum absolute atomic E-state index is 0.396. The Kier molecular flexibility index (Phi) is 2.10. The summed E-state index contributed by atoms with van der Waals surface area (Å²) in [5.41, 5.74) is 0.396. The molecule has 2 nitrogen and oxygen atoms in total. The maximum Gasteiger partial charge on any atom is 0.0278 e. The first-order valence-corrected chi connectivity index (χ1v) is 6.24. The van der Waals surface area contributed by atoms with Crippen molar-refractivity contribution in [2.24, 2.45) is 11.8 Å². The molecule has 2 aliphatic carbocycles. The van der Waals surface area contributed by atoms with Gasteiger partial charge >= 0.3 is 0 Å². The average molecular weight is 194 g/mol. The third-order valence-corrected chi connectivity index (χ3v) is 4.48. The summed E-state index contributed by atoms with van der Waals surface area (Å²) in [7, 11) is 0. The fourth-order valence-electron chi connectivity index (χ4n) is 3.36. The number of nitrogens with one attached hydrogen (secondary N) is 2. The van der Waals surface area contributed by atoms with Gasteiger partial charge in [0, 0.05) is 18.1 Å². The Bertz CT molecular complexity index is 210. The number of hydrogen-bond acceptors (Lipinski definition) is 2. The zero-order valence-corrected chi connectivity index (χ0v) is 9.18. The van der Waals surface area contributed by atoms with Crippen molar-refractivity contribution in [2.75, 3.05) is 13.1 Å². The highest BCUT2D eigenvalue weighted by Gasteiger charge is 2.45. The summed E-state index contributed by atoms with van der Waals surface area (Å²) in [6, 6.07) is 0.845. The van der Waals surface area contributed by atoms with Crippen LogP contribution in [0, 0.1) is 11.8 Å². The van der Waals surface area contributed by atoms with Gasteiger partial charge in [-0.25, -0.2) is 0 Å². The van der Waals surface area contributed by atoms with Gasteiger partial charge in [-0.05, 0) is 57.4 Å². The summed E-state index contributed by atoms with van der Waals surface area (Å²) in [6.07, 6.45) is 7.16. The fourth-order valence-corrected chi connectivity index (χ4v) is 3.36. The van der Waals surface area contributed by atoms with Crippen molar-refractivity contribution in [2.45, 2.75) is 50.6 Å². The SMILES string of the molecule is CC1(CNC2CC3CC3C2)CCCN1. The zero-order valence-electron chi connectivity index (χ0n) is 9.18. The summed E-state index contributed by atoms with van der Waals surface area (Å²) >= 11 is 0. The molecular formula is C12H22N2. The van der Waals surface area contributed by atoms with Crippen LogP contribution < -0.4 is 10.6 Å². The van der Waals surface area contributed by atoms with E-state index in [1.165, 1.54) is 45.2 Å². The molecule has 3 fully saturated rings. The highest BCUT2D eigenvalue weighted by molar-refractivity contribution is 5.00. The summed E-state index contributed by atoms with van der Waals surface area (Å²) in [6.45, 7) is 4.76. The molecule has 1 heterocycles. The molecule has 2 saturated carbocycles. The van der Waals surface area contributed by atoms with E-state index < -0.39 is 0 Å². The third-order valence-electron chi connectivity index (χ3n) is 4.48. The topological polar surface area (TPSA) is 24.1 Å².